The normalized spacial score (nSPS) is 18.0. The van der Waals surface area contributed by atoms with E-state index in [4.69, 9.17) is 0 Å². The molecule has 4 heteroatoms. The molecule has 0 aromatic carbocycles. The molecule has 2 rings (SSSR count). The van der Waals surface area contributed by atoms with Crippen LogP contribution in [0.15, 0.2) is 6.33 Å². The summed E-state index contributed by atoms with van der Waals surface area (Å²) in [6.45, 7) is 6.39. The lowest BCUT2D eigenvalue weighted by Gasteiger charge is -2.34. The zero-order valence-electron chi connectivity index (χ0n) is 11.0. The Hall–Kier alpha value is -0.900. The topological polar surface area (TPSA) is 42.7 Å². The number of nitrogens with zero attached hydrogens (tertiary/aromatic N) is 3. The van der Waals surface area contributed by atoms with Crippen molar-refractivity contribution in [2.75, 3.05) is 6.54 Å². The number of aryl methyl sites for hydroxylation is 1. The Morgan fingerprint density at radius 1 is 1.47 bits per heavy atom. The second kappa shape index (κ2) is 6.15. The van der Waals surface area contributed by atoms with Crippen LogP contribution >= 0.6 is 0 Å². The van der Waals surface area contributed by atoms with E-state index >= 15 is 0 Å². The van der Waals surface area contributed by atoms with Crippen LogP contribution in [0.1, 0.15) is 45.4 Å². The van der Waals surface area contributed by atoms with E-state index in [-0.39, 0.29) is 0 Å². The molecule has 96 valence electrons. The first-order valence-electron chi connectivity index (χ1n) is 6.95. The Labute approximate surface area is 104 Å². The summed E-state index contributed by atoms with van der Waals surface area (Å²) in [5.41, 5.74) is 0. The van der Waals surface area contributed by atoms with Gasteiger partial charge in [-0.1, -0.05) is 20.3 Å². The maximum Gasteiger partial charge on any atom is 0.138 e. The molecule has 1 aliphatic rings. The van der Waals surface area contributed by atoms with E-state index in [9.17, 15) is 0 Å². The lowest BCUT2D eigenvalue weighted by atomic mass is 9.78. The van der Waals surface area contributed by atoms with Gasteiger partial charge in [0.15, 0.2) is 0 Å². The maximum absolute atomic E-state index is 4.41. The molecule has 1 heterocycles. The van der Waals surface area contributed by atoms with Gasteiger partial charge >= 0.3 is 0 Å². The summed E-state index contributed by atoms with van der Waals surface area (Å²) in [7, 11) is 0. The summed E-state index contributed by atoms with van der Waals surface area (Å²) in [5.74, 6) is 1.99. The van der Waals surface area contributed by atoms with Crippen molar-refractivity contribution in [3.63, 3.8) is 0 Å². The van der Waals surface area contributed by atoms with Crippen molar-refractivity contribution in [1.82, 2.24) is 20.1 Å². The Balaban J connectivity index is 1.97. The third kappa shape index (κ3) is 3.06. The van der Waals surface area contributed by atoms with Gasteiger partial charge in [0.2, 0.25) is 0 Å². The Kier molecular flexibility index (Phi) is 4.54. The quantitative estimate of drug-likeness (QED) is 0.787. The molecule has 0 amide bonds. The Morgan fingerprint density at radius 3 is 2.88 bits per heavy atom. The number of aromatic nitrogens is 3. The highest BCUT2D eigenvalue weighted by molar-refractivity contribution is 4.94. The first-order valence-corrected chi connectivity index (χ1v) is 6.95. The lowest BCUT2D eigenvalue weighted by Crippen LogP contribution is -2.41. The van der Waals surface area contributed by atoms with Crippen LogP contribution in [0.5, 0.6) is 0 Å². The van der Waals surface area contributed by atoms with Crippen LogP contribution in [-0.2, 0) is 13.0 Å². The summed E-state index contributed by atoms with van der Waals surface area (Å²) >= 11 is 0. The van der Waals surface area contributed by atoms with Gasteiger partial charge in [0, 0.05) is 19.0 Å². The second-order valence-electron chi connectivity index (χ2n) is 4.96. The van der Waals surface area contributed by atoms with Crippen LogP contribution < -0.4 is 5.32 Å². The molecule has 0 saturated heterocycles. The third-order valence-electron chi connectivity index (χ3n) is 3.72. The van der Waals surface area contributed by atoms with E-state index in [2.05, 4.69) is 33.9 Å². The predicted molar refractivity (Wildman–Crippen MR) is 68.8 cm³/mol. The van der Waals surface area contributed by atoms with Crippen LogP contribution in [0.4, 0.5) is 0 Å². The van der Waals surface area contributed by atoms with Crippen LogP contribution in [0.3, 0.4) is 0 Å². The van der Waals surface area contributed by atoms with E-state index in [1.165, 1.54) is 19.3 Å². The van der Waals surface area contributed by atoms with Gasteiger partial charge in [-0.15, -0.1) is 0 Å². The highest BCUT2D eigenvalue weighted by Crippen LogP contribution is 2.30. The average Bonchev–Trinajstić information content (AvgIpc) is 2.64. The predicted octanol–water partition coefficient (Wildman–Crippen LogP) is 2.01. The molecule has 0 bridgehead atoms. The van der Waals surface area contributed by atoms with Gasteiger partial charge in [-0.05, 0) is 31.7 Å². The van der Waals surface area contributed by atoms with Gasteiger partial charge in [0.25, 0.3) is 0 Å². The monoisotopic (exact) mass is 236 g/mol. The first kappa shape index (κ1) is 12.6. The number of nitrogens with one attached hydrogen (secondary N) is 1. The van der Waals surface area contributed by atoms with Crippen molar-refractivity contribution >= 4 is 0 Å². The molecule has 1 aromatic rings. The number of hydrogen-bond acceptors (Lipinski definition) is 3. The van der Waals surface area contributed by atoms with Crippen molar-refractivity contribution in [3.8, 4) is 0 Å². The van der Waals surface area contributed by atoms with Crippen molar-refractivity contribution in [1.29, 1.82) is 0 Å². The van der Waals surface area contributed by atoms with Gasteiger partial charge < -0.3 is 5.32 Å². The molecule has 1 saturated carbocycles. The molecule has 1 N–H and O–H groups in total. The van der Waals surface area contributed by atoms with Crippen LogP contribution in [0, 0.1) is 5.92 Å². The van der Waals surface area contributed by atoms with Gasteiger partial charge in [-0.2, -0.15) is 5.10 Å². The van der Waals surface area contributed by atoms with Gasteiger partial charge in [0.1, 0.15) is 12.2 Å². The zero-order valence-corrected chi connectivity index (χ0v) is 11.0. The van der Waals surface area contributed by atoms with Crippen LogP contribution in [0.25, 0.3) is 0 Å². The van der Waals surface area contributed by atoms with Crippen molar-refractivity contribution in [3.05, 3.63) is 12.2 Å². The van der Waals surface area contributed by atoms with E-state index in [0.29, 0.717) is 6.04 Å². The Morgan fingerprint density at radius 2 is 2.29 bits per heavy atom. The molecule has 1 aromatic heterocycles. The molecular weight excluding hydrogens is 212 g/mol. The van der Waals surface area contributed by atoms with Crippen molar-refractivity contribution in [2.45, 2.75) is 58.5 Å². The van der Waals surface area contributed by atoms with Crippen LogP contribution in [0.2, 0.25) is 0 Å². The summed E-state index contributed by atoms with van der Waals surface area (Å²) < 4.78 is 2.06. The van der Waals surface area contributed by atoms with E-state index in [1.807, 2.05) is 0 Å². The summed E-state index contributed by atoms with van der Waals surface area (Å²) in [4.78, 5) is 4.41. The molecule has 1 aliphatic carbocycles. The lowest BCUT2D eigenvalue weighted by molar-refractivity contribution is 0.226. The van der Waals surface area contributed by atoms with Gasteiger partial charge in [-0.3, -0.25) is 4.68 Å². The van der Waals surface area contributed by atoms with Gasteiger partial charge in [0.05, 0.1) is 0 Å². The minimum atomic E-state index is 0.591. The Bertz CT molecular complexity index is 330. The second-order valence-corrected chi connectivity index (χ2v) is 4.96. The molecule has 0 aliphatic heterocycles. The SMILES string of the molecule is CCCn1ncnc1CC(NCC)C1CCC1. The first-order chi connectivity index (χ1) is 8.35. The van der Waals surface area contributed by atoms with Crippen molar-refractivity contribution in [2.24, 2.45) is 5.92 Å². The maximum atomic E-state index is 4.41. The fourth-order valence-electron chi connectivity index (χ4n) is 2.55. The largest absolute Gasteiger partial charge is 0.314 e. The highest BCUT2D eigenvalue weighted by atomic mass is 15.3. The van der Waals surface area contributed by atoms with Gasteiger partial charge in [-0.25, -0.2) is 4.98 Å². The number of rotatable bonds is 7. The van der Waals surface area contributed by atoms with E-state index in [1.54, 1.807) is 6.33 Å². The van der Waals surface area contributed by atoms with E-state index in [0.717, 1.165) is 37.7 Å². The smallest absolute Gasteiger partial charge is 0.138 e. The summed E-state index contributed by atoms with van der Waals surface area (Å²) in [5, 5.41) is 7.91. The number of hydrogen-bond donors (Lipinski definition) is 1. The minimum Gasteiger partial charge on any atom is -0.314 e. The van der Waals surface area contributed by atoms with Crippen molar-refractivity contribution < 1.29 is 0 Å². The molecule has 0 spiro atoms. The summed E-state index contributed by atoms with van der Waals surface area (Å²) in [6, 6.07) is 0.591. The third-order valence-corrected chi connectivity index (χ3v) is 3.72. The molecule has 4 nitrogen and oxygen atoms in total. The summed E-state index contributed by atoms with van der Waals surface area (Å²) in [6.07, 6.45) is 7.98. The molecule has 0 radical (unpaired) electrons. The van der Waals surface area contributed by atoms with Crippen LogP contribution in [-0.4, -0.2) is 27.4 Å². The molecular formula is C13H24N4. The number of likely N-dealkylation sites (N-methyl/N-ethyl adjacent to an activating group) is 1. The fraction of sp³-hybridized carbons (Fsp3) is 0.846. The fourth-order valence-corrected chi connectivity index (χ4v) is 2.55. The van der Waals surface area contributed by atoms with E-state index < -0.39 is 0 Å². The highest BCUT2D eigenvalue weighted by Gasteiger charge is 2.27. The molecule has 17 heavy (non-hydrogen) atoms. The minimum absolute atomic E-state index is 0.591. The molecule has 1 unspecified atom stereocenters. The molecule has 1 atom stereocenters. The molecule has 1 fully saturated rings. The average molecular weight is 236 g/mol. The standard InChI is InChI=1S/C13H24N4/c1-3-8-17-13(15-10-16-17)9-12(14-4-2)11-6-5-7-11/h10-12,14H,3-9H2,1-2H3. The zero-order chi connectivity index (χ0) is 12.1.